The van der Waals surface area contributed by atoms with Crippen LogP contribution < -0.4 is 5.32 Å². The number of likely N-dealkylation sites (N-methyl/N-ethyl adjacent to an activating group) is 1. The quantitative estimate of drug-likeness (QED) is 0.919. The van der Waals surface area contributed by atoms with Gasteiger partial charge in [-0.1, -0.05) is 27.2 Å². The number of piperidine rings is 1. The summed E-state index contributed by atoms with van der Waals surface area (Å²) in [5, 5.41) is 7.06. The average molecular weight is 281 g/mol. The second-order valence-corrected chi connectivity index (χ2v) is 7.66. The minimum absolute atomic E-state index is 0.165. The molecule has 1 aliphatic heterocycles. The van der Waals surface area contributed by atoms with E-state index < -0.39 is 0 Å². The molecule has 0 spiro atoms. The van der Waals surface area contributed by atoms with Crippen LogP contribution in [0.3, 0.4) is 0 Å². The SMILES string of the molecule is CN(Cc1nc(C(C)(C)C)cs1)CC1CCCCN1. The van der Waals surface area contributed by atoms with Gasteiger partial charge in [0.2, 0.25) is 0 Å². The van der Waals surface area contributed by atoms with Crippen LogP contribution in [0.25, 0.3) is 0 Å². The van der Waals surface area contributed by atoms with Gasteiger partial charge in [-0.25, -0.2) is 4.98 Å². The zero-order valence-electron chi connectivity index (χ0n) is 12.7. The predicted octanol–water partition coefficient (Wildman–Crippen LogP) is 3.01. The van der Waals surface area contributed by atoms with E-state index in [1.807, 2.05) is 0 Å². The van der Waals surface area contributed by atoms with Crippen molar-refractivity contribution >= 4 is 11.3 Å². The van der Waals surface area contributed by atoms with Crippen LogP contribution in [0.5, 0.6) is 0 Å². The molecule has 108 valence electrons. The number of rotatable bonds is 4. The summed E-state index contributed by atoms with van der Waals surface area (Å²) >= 11 is 1.79. The Morgan fingerprint density at radius 2 is 2.21 bits per heavy atom. The largest absolute Gasteiger partial charge is 0.313 e. The lowest BCUT2D eigenvalue weighted by molar-refractivity contribution is 0.256. The van der Waals surface area contributed by atoms with E-state index in [4.69, 9.17) is 4.98 Å². The minimum Gasteiger partial charge on any atom is -0.313 e. The first-order valence-electron chi connectivity index (χ1n) is 7.32. The molecule has 0 amide bonds. The van der Waals surface area contributed by atoms with Gasteiger partial charge in [-0.2, -0.15) is 0 Å². The van der Waals surface area contributed by atoms with Crippen molar-refractivity contribution in [1.29, 1.82) is 0 Å². The highest BCUT2D eigenvalue weighted by Crippen LogP contribution is 2.24. The average Bonchev–Trinajstić information content (AvgIpc) is 2.78. The summed E-state index contributed by atoms with van der Waals surface area (Å²) in [4.78, 5) is 7.17. The molecule has 0 aromatic carbocycles. The van der Waals surface area contributed by atoms with E-state index in [2.05, 4.69) is 43.4 Å². The van der Waals surface area contributed by atoms with Crippen molar-refractivity contribution in [1.82, 2.24) is 15.2 Å². The predicted molar refractivity (Wildman–Crippen MR) is 82.8 cm³/mol. The Bertz CT molecular complexity index is 388. The molecule has 2 rings (SSSR count). The monoisotopic (exact) mass is 281 g/mol. The Hall–Kier alpha value is -0.450. The standard InChI is InChI=1S/C15H27N3S/c1-15(2,3)13-11-19-14(17-13)10-18(4)9-12-7-5-6-8-16-12/h11-12,16H,5-10H2,1-4H3. The van der Waals surface area contributed by atoms with Gasteiger partial charge in [0, 0.05) is 23.4 Å². The zero-order valence-corrected chi connectivity index (χ0v) is 13.5. The molecule has 0 aliphatic carbocycles. The lowest BCUT2D eigenvalue weighted by Gasteiger charge is -2.27. The molecule has 1 aromatic heterocycles. The van der Waals surface area contributed by atoms with Crippen molar-refractivity contribution in [2.75, 3.05) is 20.1 Å². The fraction of sp³-hybridized carbons (Fsp3) is 0.800. The Morgan fingerprint density at radius 1 is 1.42 bits per heavy atom. The molecule has 0 saturated carbocycles. The van der Waals surface area contributed by atoms with Gasteiger partial charge in [0.1, 0.15) is 5.01 Å². The van der Waals surface area contributed by atoms with E-state index >= 15 is 0 Å². The van der Waals surface area contributed by atoms with Crippen LogP contribution in [0.15, 0.2) is 5.38 Å². The molecular formula is C15H27N3S. The van der Waals surface area contributed by atoms with Gasteiger partial charge in [-0.15, -0.1) is 11.3 Å². The highest BCUT2D eigenvalue weighted by molar-refractivity contribution is 7.09. The fourth-order valence-electron chi connectivity index (χ4n) is 2.48. The third kappa shape index (κ3) is 4.55. The fourth-order valence-corrected chi connectivity index (χ4v) is 3.58. The van der Waals surface area contributed by atoms with E-state index in [1.165, 1.54) is 36.5 Å². The number of aromatic nitrogens is 1. The van der Waals surface area contributed by atoms with Crippen LogP contribution in [0.4, 0.5) is 0 Å². The van der Waals surface area contributed by atoms with Crippen LogP contribution in [0.2, 0.25) is 0 Å². The van der Waals surface area contributed by atoms with Crippen LogP contribution in [0.1, 0.15) is 50.7 Å². The molecule has 1 aliphatic rings. The second-order valence-electron chi connectivity index (χ2n) is 6.72. The molecule has 1 N–H and O–H groups in total. The van der Waals surface area contributed by atoms with E-state index in [0.29, 0.717) is 6.04 Å². The van der Waals surface area contributed by atoms with Crippen LogP contribution >= 0.6 is 11.3 Å². The van der Waals surface area contributed by atoms with Crippen molar-refractivity contribution in [2.45, 2.75) is 58.0 Å². The first-order valence-corrected chi connectivity index (χ1v) is 8.20. The molecule has 2 heterocycles. The number of thiazole rings is 1. The molecule has 19 heavy (non-hydrogen) atoms. The van der Waals surface area contributed by atoms with Crippen LogP contribution in [-0.2, 0) is 12.0 Å². The van der Waals surface area contributed by atoms with Crippen LogP contribution in [0, 0.1) is 0 Å². The summed E-state index contributed by atoms with van der Waals surface area (Å²) < 4.78 is 0. The molecule has 3 nitrogen and oxygen atoms in total. The maximum atomic E-state index is 4.77. The summed E-state index contributed by atoms with van der Waals surface area (Å²) in [6.45, 7) is 9.96. The van der Waals surface area contributed by atoms with Gasteiger partial charge in [-0.3, -0.25) is 4.90 Å². The van der Waals surface area contributed by atoms with E-state index in [9.17, 15) is 0 Å². The van der Waals surface area contributed by atoms with E-state index in [1.54, 1.807) is 11.3 Å². The molecule has 4 heteroatoms. The molecule has 1 saturated heterocycles. The minimum atomic E-state index is 0.165. The van der Waals surface area contributed by atoms with Gasteiger partial charge >= 0.3 is 0 Å². The summed E-state index contributed by atoms with van der Waals surface area (Å²) in [6, 6.07) is 0.667. The Labute approximate surface area is 121 Å². The zero-order chi connectivity index (χ0) is 13.9. The first-order chi connectivity index (χ1) is 8.95. The molecule has 1 fully saturated rings. The normalized spacial score (nSPS) is 21.0. The Kier molecular flexibility index (Phi) is 4.98. The maximum Gasteiger partial charge on any atom is 0.107 e. The second kappa shape index (κ2) is 6.33. The molecule has 1 unspecified atom stereocenters. The summed E-state index contributed by atoms with van der Waals surface area (Å²) in [7, 11) is 2.20. The van der Waals surface area contributed by atoms with E-state index in [-0.39, 0.29) is 5.41 Å². The number of hydrogen-bond acceptors (Lipinski definition) is 4. The lowest BCUT2D eigenvalue weighted by atomic mass is 9.93. The Morgan fingerprint density at radius 3 is 2.79 bits per heavy atom. The smallest absolute Gasteiger partial charge is 0.107 e. The van der Waals surface area contributed by atoms with Crippen molar-refractivity contribution < 1.29 is 0 Å². The van der Waals surface area contributed by atoms with Gasteiger partial charge in [0.05, 0.1) is 12.2 Å². The van der Waals surface area contributed by atoms with Crippen molar-refractivity contribution in [3.05, 3.63) is 16.1 Å². The number of nitrogens with one attached hydrogen (secondary N) is 1. The van der Waals surface area contributed by atoms with Crippen LogP contribution in [-0.4, -0.2) is 36.1 Å². The first kappa shape index (κ1) is 14.9. The Balaban J connectivity index is 1.84. The van der Waals surface area contributed by atoms with Gasteiger partial charge in [-0.05, 0) is 26.4 Å². The molecular weight excluding hydrogens is 254 g/mol. The number of nitrogens with zero attached hydrogens (tertiary/aromatic N) is 2. The maximum absolute atomic E-state index is 4.77. The summed E-state index contributed by atoms with van der Waals surface area (Å²) in [5.74, 6) is 0. The molecule has 0 bridgehead atoms. The summed E-state index contributed by atoms with van der Waals surface area (Å²) in [5.41, 5.74) is 1.38. The van der Waals surface area contributed by atoms with Crippen molar-refractivity contribution in [3.63, 3.8) is 0 Å². The van der Waals surface area contributed by atoms with Crippen molar-refractivity contribution in [3.8, 4) is 0 Å². The third-order valence-electron chi connectivity index (χ3n) is 3.67. The lowest BCUT2D eigenvalue weighted by Crippen LogP contribution is -2.42. The topological polar surface area (TPSA) is 28.2 Å². The molecule has 1 aromatic rings. The van der Waals surface area contributed by atoms with Gasteiger partial charge in [0.25, 0.3) is 0 Å². The molecule has 0 radical (unpaired) electrons. The van der Waals surface area contributed by atoms with E-state index in [0.717, 1.165) is 13.1 Å². The molecule has 1 atom stereocenters. The highest BCUT2D eigenvalue weighted by atomic mass is 32.1. The third-order valence-corrected chi connectivity index (χ3v) is 4.50. The summed E-state index contributed by atoms with van der Waals surface area (Å²) in [6.07, 6.45) is 4.02. The van der Waals surface area contributed by atoms with Gasteiger partial charge in [0.15, 0.2) is 0 Å². The highest BCUT2D eigenvalue weighted by Gasteiger charge is 2.19. The number of hydrogen-bond donors (Lipinski definition) is 1. The van der Waals surface area contributed by atoms with Crippen molar-refractivity contribution in [2.24, 2.45) is 0 Å². The van der Waals surface area contributed by atoms with Gasteiger partial charge < -0.3 is 5.32 Å².